The number of hydrogen-bond donors (Lipinski definition) is 1. The molecule has 0 amide bonds. The van der Waals surface area contributed by atoms with E-state index in [0.717, 1.165) is 35.1 Å². The highest BCUT2D eigenvalue weighted by Crippen LogP contribution is 2.56. The quantitative estimate of drug-likeness (QED) is 0.708. The van der Waals surface area contributed by atoms with Crippen molar-refractivity contribution >= 4 is 21.1 Å². The molecule has 1 aliphatic carbocycles. The van der Waals surface area contributed by atoms with E-state index in [9.17, 15) is 12.8 Å². The number of nitrogens with one attached hydrogen (secondary N) is 1. The molecule has 0 radical (unpaired) electrons. The molecule has 152 valence electrons. The number of aromatic nitrogens is 2. The van der Waals surface area contributed by atoms with Crippen LogP contribution in [0.1, 0.15) is 24.5 Å². The van der Waals surface area contributed by atoms with Crippen molar-refractivity contribution in [2.75, 3.05) is 26.5 Å². The SMILES string of the molecule is COc1ccc(F)cc1-c1ccnc2[nH]c(C3CC4(C3)CN(S(C)(=O)=O)C4)cc12. The molecule has 0 unspecified atom stereocenters. The minimum atomic E-state index is -3.09. The van der Waals surface area contributed by atoms with E-state index in [-0.39, 0.29) is 11.2 Å². The topological polar surface area (TPSA) is 75.3 Å². The minimum absolute atomic E-state index is 0.118. The Balaban J connectivity index is 1.43. The smallest absolute Gasteiger partial charge is 0.211 e. The van der Waals surface area contributed by atoms with Crippen molar-refractivity contribution in [1.82, 2.24) is 14.3 Å². The van der Waals surface area contributed by atoms with Crippen LogP contribution in [0, 0.1) is 11.2 Å². The summed E-state index contributed by atoms with van der Waals surface area (Å²) in [5.74, 6) is 0.649. The van der Waals surface area contributed by atoms with Gasteiger partial charge in [0.15, 0.2) is 0 Å². The van der Waals surface area contributed by atoms with Gasteiger partial charge in [0.05, 0.1) is 13.4 Å². The van der Waals surface area contributed by atoms with Crippen LogP contribution in [-0.4, -0.2) is 49.1 Å². The maximum absolute atomic E-state index is 13.9. The first-order valence-electron chi connectivity index (χ1n) is 9.55. The van der Waals surface area contributed by atoms with Crippen molar-refractivity contribution in [3.63, 3.8) is 0 Å². The molecular formula is C21H22FN3O3S. The van der Waals surface area contributed by atoms with Gasteiger partial charge in [-0.25, -0.2) is 22.1 Å². The number of hydrogen-bond acceptors (Lipinski definition) is 4. The third-order valence-electron chi connectivity index (χ3n) is 6.30. The van der Waals surface area contributed by atoms with Gasteiger partial charge in [-0.1, -0.05) is 0 Å². The van der Waals surface area contributed by atoms with Crippen molar-refractivity contribution in [1.29, 1.82) is 0 Å². The Morgan fingerprint density at radius 3 is 2.66 bits per heavy atom. The molecule has 3 heterocycles. The maximum Gasteiger partial charge on any atom is 0.211 e. The first-order valence-corrected chi connectivity index (χ1v) is 11.4. The fraction of sp³-hybridized carbons (Fsp3) is 0.381. The van der Waals surface area contributed by atoms with Gasteiger partial charge in [-0.15, -0.1) is 0 Å². The molecule has 1 N–H and O–H groups in total. The van der Waals surface area contributed by atoms with E-state index in [2.05, 4.69) is 16.0 Å². The second-order valence-electron chi connectivity index (χ2n) is 8.33. The van der Waals surface area contributed by atoms with Crippen LogP contribution < -0.4 is 4.74 Å². The van der Waals surface area contributed by atoms with Gasteiger partial charge in [0.1, 0.15) is 17.2 Å². The van der Waals surface area contributed by atoms with E-state index in [1.807, 2.05) is 6.07 Å². The second kappa shape index (κ2) is 6.27. The molecule has 1 saturated heterocycles. The third-order valence-corrected chi connectivity index (χ3v) is 7.49. The van der Waals surface area contributed by atoms with E-state index in [1.165, 1.54) is 18.4 Å². The number of fused-ring (bicyclic) bond motifs is 1. The summed E-state index contributed by atoms with van der Waals surface area (Å²) in [6.07, 6.45) is 4.90. The van der Waals surface area contributed by atoms with Gasteiger partial charge in [-0.2, -0.15) is 0 Å². The van der Waals surface area contributed by atoms with Gasteiger partial charge in [-0.05, 0) is 54.2 Å². The van der Waals surface area contributed by atoms with Crippen LogP contribution in [0.5, 0.6) is 5.75 Å². The monoisotopic (exact) mass is 415 g/mol. The third kappa shape index (κ3) is 3.02. The standard InChI is InChI=1S/C21H22FN3O3S/c1-28-19-4-3-14(22)7-16(19)15-5-6-23-20-17(15)8-18(24-20)13-9-21(10-13)11-25(12-21)29(2,26)27/h3-8,13H,9-12H2,1-2H3,(H,23,24). The average molecular weight is 415 g/mol. The van der Waals surface area contributed by atoms with Gasteiger partial charge < -0.3 is 9.72 Å². The first kappa shape index (κ1) is 18.6. The van der Waals surface area contributed by atoms with E-state index < -0.39 is 10.0 Å². The highest BCUT2D eigenvalue weighted by molar-refractivity contribution is 7.88. The Hall–Kier alpha value is -2.45. The summed E-state index contributed by atoms with van der Waals surface area (Å²) in [5.41, 5.74) is 3.54. The van der Waals surface area contributed by atoms with Crippen LogP contribution in [0.15, 0.2) is 36.5 Å². The fourth-order valence-electron chi connectivity index (χ4n) is 4.79. The van der Waals surface area contributed by atoms with Crippen molar-refractivity contribution in [3.8, 4) is 16.9 Å². The van der Waals surface area contributed by atoms with Crippen LogP contribution in [0.25, 0.3) is 22.2 Å². The molecule has 3 aromatic rings. The Morgan fingerprint density at radius 1 is 1.21 bits per heavy atom. The van der Waals surface area contributed by atoms with Crippen LogP contribution in [0.4, 0.5) is 4.39 Å². The molecule has 2 aromatic heterocycles. The lowest BCUT2D eigenvalue weighted by Gasteiger charge is -2.58. The van der Waals surface area contributed by atoms with Crippen LogP contribution in [0.3, 0.4) is 0 Å². The Morgan fingerprint density at radius 2 is 1.97 bits per heavy atom. The van der Waals surface area contributed by atoms with Crippen molar-refractivity contribution in [2.24, 2.45) is 5.41 Å². The number of sulfonamides is 1. The number of benzene rings is 1. The molecule has 1 saturated carbocycles. The number of halogens is 1. The summed E-state index contributed by atoms with van der Waals surface area (Å²) < 4.78 is 44.1. The van der Waals surface area contributed by atoms with Crippen LogP contribution in [-0.2, 0) is 10.0 Å². The Labute approximate surface area is 168 Å². The average Bonchev–Trinajstić information content (AvgIpc) is 3.01. The lowest BCUT2D eigenvalue weighted by molar-refractivity contribution is -0.0260. The van der Waals surface area contributed by atoms with Gasteiger partial charge in [0.25, 0.3) is 0 Å². The number of nitrogens with zero attached hydrogens (tertiary/aromatic N) is 2. The van der Waals surface area contributed by atoms with Crippen LogP contribution >= 0.6 is 0 Å². The van der Waals surface area contributed by atoms with Crippen LogP contribution in [0.2, 0.25) is 0 Å². The number of methoxy groups -OCH3 is 1. The summed E-state index contributed by atoms with van der Waals surface area (Å²) in [4.78, 5) is 7.85. The first-order chi connectivity index (χ1) is 13.8. The van der Waals surface area contributed by atoms with Gasteiger partial charge in [0, 0.05) is 41.8 Å². The number of ether oxygens (including phenoxy) is 1. The normalized spacial score (nSPS) is 19.3. The zero-order valence-electron chi connectivity index (χ0n) is 16.3. The van der Waals surface area contributed by atoms with E-state index >= 15 is 0 Å². The molecule has 0 bridgehead atoms. The molecule has 1 aliphatic heterocycles. The summed E-state index contributed by atoms with van der Waals surface area (Å²) in [6.45, 7) is 1.24. The molecule has 1 aromatic carbocycles. The van der Waals surface area contributed by atoms with E-state index in [4.69, 9.17) is 4.74 Å². The minimum Gasteiger partial charge on any atom is -0.496 e. The predicted octanol–water partition coefficient (Wildman–Crippen LogP) is 3.52. The van der Waals surface area contributed by atoms with Gasteiger partial charge in [-0.3, -0.25) is 0 Å². The largest absolute Gasteiger partial charge is 0.496 e. The Kier molecular flexibility index (Phi) is 4.02. The summed E-state index contributed by atoms with van der Waals surface area (Å²) in [6, 6.07) is 8.45. The second-order valence-corrected chi connectivity index (χ2v) is 10.3. The van der Waals surface area contributed by atoms with E-state index in [0.29, 0.717) is 30.3 Å². The molecule has 0 atom stereocenters. The number of aromatic amines is 1. The predicted molar refractivity (Wildman–Crippen MR) is 109 cm³/mol. The lowest BCUT2D eigenvalue weighted by Crippen LogP contribution is -2.62. The van der Waals surface area contributed by atoms with Crippen molar-refractivity contribution < 1.29 is 17.5 Å². The number of H-pyrrole nitrogens is 1. The number of pyridine rings is 1. The summed E-state index contributed by atoms with van der Waals surface area (Å²) >= 11 is 0. The highest BCUT2D eigenvalue weighted by atomic mass is 32.2. The zero-order valence-corrected chi connectivity index (χ0v) is 17.1. The number of rotatable bonds is 4. The molecule has 29 heavy (non-hydrogen) atoms. The molecule has 5 rings (SSSR count). The molecule has 1 spiro atoms. The van der Waals surface area contributed by atoms with Gasteiger partial charge >= 0.3 is 0 Å². The summed E-state index contributed by atoms with van der Waals surface area (Å²) in [7, 11) is -1.52. The summed E-state index contributed by atoms with van der Waals surface area (Å²) in [5, 5.41) is 0.929. The fourth-order valence-corrected chi connectivity index (χ4v) is 5.81. The molecular weight excluding hydrogens is 393 g/mol. The molecule has 6 nitrogen and oxygen atoms in total. The Bertz CT molecular complexity index is 1210. The molecule has 2 aliphatic rings. The van der Waals surface area contributed by atoms with Gasteiger partial charge in [0.2, 0.25) is 10.0 Å². The lowest BCUT2D eigenvalue weighted by atomic mass is 9.58. The van der Waals surface area contributed by atoms with Crippen molar-refractivity contribution in [3.05, 3.63) is 48.0 Å². The van der Waals surface area contributed by atoms with Crippen molar-refractivity contribution in [2.45, 2.75) is 18.8 Å². The molecule has 8 heteroatoms. The zero-order chi connectivity index (χ0) is 20.4. The molecule has 2 fully saturated rings. The maximum atomic E-state index is 13.9. The highest BCUT2D eigenvalue weighted by Gasteiger charge is 2.55. The van der Waals surface area contributed by atoms with E-state index in [1.54, 1.807) is 23.7 Å².